The first-order valence-electron chi connectivity index (χ1n) is 7.91. The molecule has 1 fully saturated rings. The third kappa shape index (κ3) is 4.71. The Morgan fingerprint density at radius 2 is 1.90 bits per heavy atom. The predicted molar refractivity (Wildman–Crippen MR) is 82.6 cm³/mol. The summed E-state index contributed by atoms with van der Waals surface area (Å²) < 4.78 is 11.7. The Hall–Kier alpha value is -1.22. The van der Waals surface area contributed by atoms with Gasteiger partial charge >= 0.3 is 0 Å². The quantitative estimate of drug-likeness (QED) is 0.784. The molecule has 0 amide bonds. The molecule has 0 radical (unpaired) electrons. The van der Waals surface area contributed by atoms with Crippen molar-refractivity contribution in [3.05, 3.63) is 24.3 Å². The molecule has 1 unspecified atom stereocenters. The van der Waals surface area contributed by atoms with Crippen LogP contribution in [0.2, 0.25) is 0 Å². The number of ether oxygens (including phenoxy) is 2. The van der Waals surface area contributed by atoms with Crippen LogP contribution in [-0.2, 0) is 0 Å². The fourth-order valence-electron chi connectivity index (χ4n) is 2.60. The van der Waals surface area contributed by atoms with Crippen molar-refractivity contribution in [1.82, 2.24) is 5.32 Å². The van der Waals surface area contributed by atoms with E-state index < -0.39 is 0 Å². The van der Waals surface area contributed by atoms with Gasteiger partial charge in [0, 0.05) is 12.6 Å². The summed E-state index contributed by atoms with van der Waals surface area (Å²) in [7, 11) is 0. The van der Waals surface area contributed by atoms with Crippen LogP contribution < -0.4 is 14.8 Å². The van der Waals surface area contributed by atoms with Gasteiger partial charge in [0.05, 0.1) is 6.61 Å². The highest BCUT2D eigenvalue weighted by Gasteiger charge is 2.16. The summed E-state index contributed by atoms with van der Waals surface area (Å²) in [5, 5.41) is 3.60. The monoisotopic (exact) mass is 277 g/mol. The molecule has 1 saturated carbocycles. The topological polar surface area (TPSA) is 30.5 Å². The van der Waals surface area contributed by atoms with Crippen molar-refractivity contribution in [3.63, 3.8) is 0 Å². The summed E-state index contributed by atoms with van der Waals surface area (Å²) in [5.41, 5.74) is 0. The molecule has 1 aliphatic rings. The van der Waals surface area contributed by atoms with Gasteiger partial charge in [-0.15, -0.1) is 0 Å². The van der Waals surface area contributed by atoms with Crippen molar-refractivity contribution in [2.45, 2.75) is 58.1 Å². The molecular weight excluding hydrogens is 250 g/mol. The number of hydrogen-bond acceptors (Lipinski definition) is 3. The molecule has 1 aromatic rings. The average Bonchev–Trinajstić information content (AvgIpc) is 2.97. The third-order valence-corrected chi connectivity index (χ3v) is 3.69. The van der Waals surface area contributed by atoms with Crippen LogP contribution in [-0.4, -0.2) is 25.3 Å². The van der Waals surface area contributed by atoms with Crippen molar-refractivity contribution in [2.75, 3.05) is 13.2 Å². The molecule has 3 heteroatoms. The molecule has 1 N–H and O–H groups in total. The Morgan fingerprint density at radius 3 is 2.60 bits per heavy atom. The lowest BCUT2D eigenvalue weighted by Crippen LogP contribution is -2.35. The van der Waals surface area contributed by atoms with Gasteiger partial charge in [-0.2, -0.15) is 0 Å². The van der Waals surface area contributed by atoms with Crippen molar-refractivity contribution < 1.29 is 9.47 Å². The van der Waals surface area contributed by atoms with E-state index in [0.29, 0.717) is 6.04 Å². The molecule has 1 aromatic carbocycles. The van der Waals surface area contributed by atoms with E-state index in [9.17, 15) is 0 Å². The second-order valence-electron chi connectivity index (χ2n) is 5.61. The maximum Gasteiger partial charge on any atom is 0.161 e. The van der Waals surface area contributed by atoms with E-state index in [1.165, 1.54) is 25.7 Å². The summed E-state index contributed by atoms with van der Waals surface area (Å²) in [6.45, 7) is 5.85. The largest absolute Gasteiger partial charge is 0.490 e. The van der Waals surface area contributed by atoms with E-state index in [1.54, 1.807) is 0 Å². The lowest BCUT2D eigenvalue weighted by atomic mass is 10.2. The summed E-state index contributed by atoms with van der Waals surface area (Å²) in [6.07, 6.45) is 6.50. The lowest BCUT2D eigenvalue weighted by Gasteiger charge is -2.20. The average molecular weight is 277 g/mol. The molecule has 0 aromatic heterocycles. The molecule has 1 aliphatic carbocycles. The number of para-hydroxylation sites is 2. The number of nitrogens with one attached hydrogen (secondary N) is 1. The van der Waals surface area contributed by atoms with Crippen molar-refractivity contribution in [3.8, 4) is 11.5 Å². The van der Waals surface area contributed by atoms with Gasteiger partial charge in [-0.25, -0.2) is 0 Å². The highest BCUT2D eigenvalue weighted by Crippen LogP contribution is 2.27. The second kappa shape index (κ2) is 8.15. The first-order chi connectivity index (χ1) is 9.79. The van der Waals surface area contributed by atoms with E-state index in [2.05, 4.69) is 19.2 Å². The zero-order chi connectivity index (χ0) is 14.2. The molecule has 2 rings (SSSR count). The molecule has 0 heterocycles. The Bertz CT molecular complexity index is 388. The molecule has 20 heavy (non-hydrogen) atoms. The first kappa shape index (κ1) is 15.2. The smallest absolute Gasteiger partial charge is 0.161 e. The third-order valence-electron chi connectivity index (χ3n) is 3.69. The zero-order valence-corrected chi connectivity index (χ0v) is 12.7. The van der Waals surface area contributed by atoms with Gasteiger partial charge in [0.2, 0.25) is 0 Å². The van der Waals surface area contributed by atoms with Gasteiger partial charge in [0.15, 0.2) is 11.5 Å². The second-order valence-corrected chi connectivity index (χ2v) is 5.61. The SMILES string of the molecule is CCCOc1ccccc1OC(C)CNC1CCCC1. The van der Waals surface area contributed by atoms with Gasteiger partial charge in [-0.05, 0) is 38.3 Å². The fraction of sp³-hybridized carbons (Fsp3) is 0.647. The van der Waals surface area contributed by atoms with Gasteiger partial charge in [-0.3, -0.25) is 0 Å². The molecule has 1 atom stereocenters. The van der Waals surface area contributed by atoms with Gasteiger partial charge < -0.3 is 14.8 Å². The minimum absolute atomic E-state index is 0.155. The zero-order valence-electron chi connectivity index (χ0n) is 12.7. The van der Waals surface area contributed by atoms with E-state index in [1.807, 2.05) is 24.3 Å². The normalized spacial score (nSPS) is 17.1. The van der Waals surface area contributed by atoms with Gasteiger partial charge in [-0.1, -0.05) is 31.9 Å². The van der Waals surface area contributed by atoms with Crippen LogP contribution in [0.15, 0.2) is 24.3 Å². The van der Waals surface area contributed by atoms with E-state index in [4.69, 9.17) is 9.47 Å². The maximum atomic E-state index is 6.01. The molecule has 0 aliphatic heterocycles. The van der Waals surface area contributed by atoms with Crippen molar-refractivity contribution >= 4 is 0 Å². The Morgan fingerprint density at radius 1 is 1.20 bits per heavy atom. The number of hydrogen-bond donors (Lipinski definition) is 1. The van der Waals surface area contributed by atoms with Crippen molar-refractivity contribution in [1.29, 1.82) is 0 Å². The Kier molecular flexibility index (Phi) is 6.19. The highest BCUT2D eigenvalue weighted by atomic mass is 16.5. The number of rotatable bonds is 8. The van der Waals surface area contributed by atoms with Crippen LogP contribution in [0.3, 0.4) is 0 Å². The van der Waals surface area contributed by atoms with Crippen molar-refractivity contribution in [2.24, 2.45) is 0 Å². The van der Waals surface area contributed by atoms with Crippen LogP contribution >= 0.6 is 0 Å². The van der Waals surface area contributed by atoms with E-state index in [0.717, 1.165) is 31.1 Å². The van der Waals surface area contributed by atoms with E-state index >= 15 is 0 Å². The molecule has 0 saturated heterocycles. The Balaban J connectivity index is 1.81. The standard InChI is InChI=1S/C17H27NO2/c1-3-12-19-16-10-6-7-11-17(16)20-14(2)13-18-15-8-4-5-9-15/h6-7,10-11,14-15,18H,3-5,8-9,12-13H2,1-2H3. The van der Waals surface area contributed by atoms with Gasteiger partial charge in [0.25, 0.3) is 0 Å². The summed E-state index contributed by atoms with van der Waals surface area (Å²) in [5.74, 6) is 1.70. The highest BCUT2D eigenvalue weighted by molar-refractivity contribution is 5.39. The van der Waals surface area contributed by atoms with Crippen LogP contribution in [0.5, 0.6) is 11.5 Å². The lowest BCUT2D eigenvalue weighted by molar-refractivity contribution is 0.197. The fourth-order valence-corrected chi connectivity index (χ4v) is 2.60. The molecule has 0 bridgehead atoms. The maximum absolute atomic E-state index is 6.01. The number of benzene rings is 1. The first-order valence-corrected chi connectivity index (χ1v) is 7.91. The van der Waals surface area contributed by atoms with Crippen LogP contribution in [0.4, 0.5) is 0 Å². The van der Waals surface area contributed by atoms with Crippen LogP contribution in [0.25, 0.3) is 0 Å². The molecule has 3 nitrogen and oxygen atoms in total. The van der Waals surface area contributed by atoms with E-state index in [-0.39, 0.29) is 6.10 Å². The summed E-state index contributed by atoms with van der Waals surface area (Å²) in [4.78, 5) is 0. The Labute approximate surface area is 122 Å². The minimum atomic E-state index is 0.155. The van der Waals surface area contributed by atoms with Crippen LogP contribution in [0.1, 0.15) is 46.0 Å². The molecule has 112 valence electrons. The predicted octanol–water partition coefficient (Wildman–Crippen LogP) is 3.77. The minimum Gasteiger partial charge on any atom is -0.490 e. The van der Waals surface area contributed by atoms with Crippen LogP contribution in [0, 0.1) is 0 Å². The summed E-state index contributed by atoms with van der Waals surface area (Å²) >= 11 is 0. The molecular formula is C17H27NO2. The summed E-state index contributed by atoms with van der Waals surface area (Å²) in [6, 6.07) is 8.62. The van der Waals surface area contributed by atoms with Gasteiger partial charge in [0.1, 0.15) is 6.10 Å². The molecule has 0 spiro atoms.